The van der Waals surface area contributed by atoms with E-state index < -0.39 is 85.5 Å². The molecule has 42 heavy (non-hydrogen) atoms. The Labute approximate surface area is 242 Å². The van der Waals surface area contributed by atoms with Gasteiger partial charge in [-0.2, -0.15) is 0 Å². The van der Waals surface area contributed by atoms with Gasteiger partial charge in [-0.15, -0.1) is 0 Å². The maximum atomic E-state index is 13.0. The number of hydrogen-bond acceptors (Lipinski definition) is 12. The van der Waals surface area contributed by atoms with E-state index in [1.807, 2.05) is 0 Å². The Balaban J connectivity index is 1.32. The normalized spacial score (nSPS) is 38.8. The fraction of sp³-hybridized carbons (Fsp3) is 0.533. The van der Waals surface area contributed by atoms with Gasteiger partial charge in [0, 0.05) is 24.3 Å². The van der Waals surface area contributed by atoms with Gasteiger partial charge in [0.1, 0.15) is 42.4 Å². The molecule has 0 radical (unpaired) electrons. The summed E-state index contributed by atoms with van der Waals surface area (Å²) in [5.74, 6) is -3.07. The van der Waals surface area contributed by atoms with Crippen molar-refractivity contribution in [2.45, 2.75) is 74.4 Å². The number of hydrogen-bond donors (Lipinski definition) is 6. The summed E-state index contributed by atoms with van der Waals surface area (Å²) in [5, 5.41) is 60.2. The van der Waals surface area contributed by atoms with E-state index in [2.05, 4.69) is 19.7 Å². The Morgan fingerprint density at radius 1 is 1.05 bits per heavy atom. The summed E-state index contributed by atoms with van der Waals surface area (Å²) in [6, 6.07) is 6.05. The summed E-state index contributed by atoms with van der Waals surface area (Å²) in [6.45, 7) is 11.7. The molecule has 12 atom stereocenters. The maximum absolute atomic E-state index is 13.0. The number of phenols is 1. The molecule has 2 saturated heterocycles. The molecule has 228 valence electrons. The Morgan fingerprint density at radius 3 is 2.40 bits per heavy atom. The highest BCUT2D eigenvalue weighted by Gasteiger charge is 2.58. The molecule has 1 aromatic carbocycles. The number of aromatic hydroxyl groups is 1. The van der Waals surface area contributed by atoms with E-state index in [-0.39, 0.29) is 30.1 Å². The maximum Gasteiger partial charge on any atom is 0.335 e. The molecule has 4 aliphatic rings. The second-order valence-corrected chi connectivity index (χ2v) is 11.4. The molecule has 1 aromatic rings. The van der Waals surface area contributed by atoms with Crippen LogP contribution in [0.15, 0.2) is 60.7 Å². The molecule has 2 aliphatic heterocycles. The number of carbonyl (C=O) groups excluding carboxylic acids is 2. The Bertz CT molecular complexity index is 1240. The van der Waals surface area contributed by atoms with E-state index in [0.717, 1.165) is 0 Å². The van der Waals surface area contributed by atoms with Crippen LogP contribution in [0.1, 0.15) is 18.4 Å². The van der Waals surface area contributed by atoms with Crippen LogP contribution in [-0.4, -0.2) is 104 Å². The van der Waals surface area contributed by atoms with E-state index in [0.29, 0.717) is 23.1 Å². The van der Waals surface area contributed by atoms with E-state index in [4.69, 9.17) is 18.9 Å². The molecular formula is C30H36O12. The minimum atomic E-state index is -1.61. The Hall–Kier alpha value is -3.10. The third kappa shape index (κ3) is 5.51. The number of carbonyl (C=O) groups is 2. The van der Waals surface area contributed by atoms with Crippen LogP contribution < -0.4 is 0 Å². The van der Waals surface area contributed by atoms with Gasteiger partial charge in [-0.05, 0) is 35.6 Å². The van der Waals surface area contributed by atoms with Crippen LogP contribution in [0.2, 0.25) is 0 Å². The van der Waals surface area contributed by atoms with Crippen LogP contribution in [0.4, 0.5) is 0 Å². The van der Waals surface area contributed by atoms with E-state index in [1.165, 1.54) is 12.1 Å². The average Bonchev–Trinajstić information content (AvgIpc) is 3.40. The Kier molecular flexibility index (Phi) is 8.59. The van der Waals surface area contributed by atoms with Crippen molar-refractivity contribution in [1.82, 2.24) is 0 Å². The predicted octanol–water partition coefficient (Wildman–Crippen LogP) is -0.357. The number of rotatable bonds is 7. The number of fused-ring (bicyclic) bond motifs is 3. The summed E-state index contributed by atoms with van der Waals surface area (Å²) in [4.78, 5) is 25.7. The molecule has 5 rings (SSSR count). The molecule has 2 heterocycles. The zero-order chi connectivity index (χ0) is 30.5. The first-order valence-corrected chi connectivity index (χ1v) is 13.8. The van der Waals surface area contributed by atoms with Crippen molar-refractivity contribution >= 4 is 11.9 Å². The van der Waals surface area contributed by atoms with Crippen LogP contribution in [0, 0.1) is 17.8 Å². The number of aliphatic hydroxyl groups excluding tert-OH is 5. The van der Waals surface area contributed by atoms with Gasteiger partial charge >= 0.3 is 11.9 Å². The molecule has 0 spiro atoms. The third-order valence-electron chi connectivity index (χ3n) is 8.80. The van der Waals surface area contributed by atoms with Crippen molar-refractivity contribution in [1.29, 1.82) is 0 Å². The van der Waals surface area contributed by atoms with Crippen molar-refractivity contribution in [3.63, 3.8) is 0 Å². The molecular weight excluding hydrogens is 552 g/mol. The minimum Gasteiger partial charge on any atom is -0.508 e. The lowest BCUT2D eigenvalue weighted by Gasteiger charge is -2.40. The summed E-state index contributed by atoms with van der Waals surface area (Å²) in [7, 11) is 0. The molecule has 4 fully saturated rings. The van der Waals surface area contributed by atoms with Gasteiger partial charge in [0.05, 0.1) is 18.6 Å². The zero-order valence-electron chi connectivity index (χ0n) is 22.8. The summed E-state index contributed by atoms with van der Waals surface area (Å²) in [6.07, 6.45) is -10.8. The van der Waals surface area contributed by atoms with Crippen LogP contribution in [-0.2, 0) is 35.0 Å². The molecule has 0 bridgehead atoms. The number of phenolic OH excluding ortho intramolecular Hbond substituents is 1. The van der Waals surface area contributed by atoms with Gasteiger partial charge < -0.3 is 49.6 Å². The van der Waals surface area contributed by atoms with Crippen molar-refractivity contribution in [3.05, 3.63) is 66.3 Å². The first kappa shape index (κ1) is 30.4. The molecule has 12 nitrogen and oxygen atoms in total. The van der Waals surface area contributed by atoms with Crippen LogP contribution >= 0.6 is 0 Å². The SMILES string of the molecule is C=C1C(=O)O[C@@H]2[C@H]3C(=C)[C@@H](O[C@@H]4O[C@H](CO)[C@@H](O)[C@H](O)[C@H]4O)C[C@H]3C(=C)C[C@@H](OC(=O)[C@@H](O)Cc3ccc(O)cc3)[C@@H]12. The van der Waals surface area contributed by atoms with E-state index >= 15 is 0 Å². The highest BCUT2D eigenvalue weighted by Crippen LogP contribution is 2.53. The molecule has 2 aliphatic carbocycles. The van der Waals surface area contributed by atoms with E-state index in [1.54, 1.807) is 12.1 Å². The molecule has 0 aromatic heterocycles. The molecule has 12 heteroatoms. The Morgan fingerprint density at radius 2 is 1.74 bits per heavy atom. The van der Waals surface area contributed by atoms with Gasteiger partial charge in [0.25, 0.3) is 0 Å². The van der Waals surface area contributed by atoms with Gasteiger partial charge in [-0.3, -0.25) is 0 Å². The molecule has 6 N–H and O–H groups in total. The van der Waals surface area contributed by atoms with Gasteiger partial charge in [-0.1, -0.05) is 37.4 Å². The molecule has 0 unspecified atom stereocenters. The first-order valence-electron chi connectivity index (χ1n) is 13.8. The van der Waals surface area contributed by atoms with Crippen molar-refractivity contribution in [2.75, 3.05) is 6.61 Å². The lowest BCUT2D eigenvalue weighted by Crippen LogP contribution is -2.59. The number of benzene rings is 1. The second-order valence-electron chi connectivity index (χ2n) is 11.4. The van der Waals surface area contributed by atoms with Crippen molar-refractivity contribution < 1.29 is 59.2 Å². The smallest absolute Gasteiger partial charge is 0.335 e. The van der Waals surface area contributed by atoms with Crippen LogP contribution in [0.25, 0.3) is 0 Å². The summed E-state index contributed by atoms with van der Waals surface area (Å²) >= 11 is 0. The lowest BCUT2D eigenvalue weighted by atomic mass is 9.81. The van der Waals surface area contributed by atoms with Gasteiger partial charge in [0.2, 0.25) is 0 Å². The predicted molar refractivity (Wildman–Crippen MR) is 143 cm³/mol. The third-order valence-corrected chi connectivity index (χ3v) is 8.80. The van der Waals surface area contributed by atoms with Crippen molar-refractivity contribution in [2.24, 2.45) is 17.8 Å². The number of esters is 2. The fourth-order valence-corrected chi connectivity index (χ4v) is 6.50. The summed E-state index contributed by atoms with van der Waals surface area (Å²) < 4.78 is 23.0. The van der Waals surface area contributed by atoms with Crippen molar-refractivity contribution in [3.8, 4) is 5.75 Å². The minimum absolute atomic E-state index is 0.0454. The standard InChI is InChI=1S/C30H36O12/c1-12-8-20(39-29(38)18(33)9-15-4-6-16(32)7-5-15)23-14(3)28(37)42-27(23)22-13(2)19(10-17(12)22)40-30-26(36)25(35)24(34)21(11-31)41-30/h4-7,17-27,30-36H,1-3,8-11H2/t17-,18-,19-,20+,21+,22-,23+,24+,25-,26+,27+,30+/m0/s1. The second kappa shape index (κ2) is 11.9. The molecule has 2 saturated carbocycles. The average molecular weight is 589 g/mol. The highest BCUT2D eigenvalue weighted by atomic mass is 16.7. The topological polar surface area (TPSA) is 192 Å². The van der Waals surface area contributed by atoms with Crippen LogP contribution in [0.3, 0.4) is 0 Å². The largest absolute Gasteiger partial charge is 0.508 e. The number of ether oxygens (including phenoxy) is 4. The quantitative estimate of drug-likeness (QED) is 0.138. The zero-order valence-corrected chi connectivity index (χ0v) is 22.8. The number of aliphatic hydroxyl groups is 5. The fourth-order valence-electron chi connectivity index (χ4n) is 6.50. The lowest BCUT2D eigenvalue weighted by molar-refractivity contribution is -0.308. The first-order chi connectivity index (χ1) is 19.9. The van der Waals surface area contributed by atoms with Gasteiger partial charge in [-0.25, -0.2) is 9.59 Å². The molecule has 0 amide bonds. The van der Waals surface area contributed by atoms with Crippen LogP contribution in [0.5, 0.6) is 5.75 Å². The van der Waals surface area contributed by atoms with Gasteiger partial charge in [0.15, 0.2) is 12.4 Å². The van der Waals surface area contributed by atoms with E-state index in [9.17, 15) is 40.2 Å². The summed E-state index contributed by atoms with van der Waals surface area (Å²) in [5.41, 5.74) is 1.91. The monoisotopic (exact) mass is 588 g/mol. The highest BCUT2D eigenvalue weighted by molar-refractivity contribution is 5.91.